The van der Waals surface area contributed by atoms with Gasteiger partial charge in [0.2, 0.25) is 5.91 Å². The van der Waals surface area contributed by atoms with E-state index < -0.39 is 17.8 Å². The van der Waals surface area contributed by atoms with Gasteiger partial charge in [0.1, 0.15) is 10.9 Å². The number of rotatable bonds is 5. The molecule has 2 aromatic heterocycles. The quantitative estimate of drug-likeness (QED) is 0.733. The number of carbonyl (C=O) groups is 2. The number of primary amides is 1. The molecule has 0 aromatic carbocycles. The van der Waals surface area contributed by atoms with Crippen LogP contribution in [-0.2, 0) is 16.0 Å². The van der Waals surface area contributed by atoms with Gasteiger partial charge in [-0.15, -0.1) is 22.7 Å². The fourth-order valence-corrected chi connectivity index (χ4v) is 3.04. The number of carbonyl (C=O) groups excluding carboxylic acids is 1. The standard InChI is InChI=1S/C10H10N4O3S2/c11-8(17)7(5-3-19-10(12)14-5)9-13-4(2-18-9)1-6(15)16/h2-3,7H,1H2,(H2,11,17)(H2,12,14)(H,15,16). The summed E-state index contributed by atoms with van der Waals surface area (Å²) in [5.74, 6) is -2.37. The predicted molar refractivity (Wildman–Crippen MR) is 71.0 cm³/mol. The van der Waals surface area contributed by atoms with Crippen molar-refractivity contribution >= 4 is 39.7 Å². The first-order chi connectivity index (χ1) is 8.97. The Morgan fingerprint density at radius 3 is 2.58 bits per heavy atom. The molecule has 2 rings (SSSR count). The molecule has 9 heteroatoms. The van der Waals surface area contributed by atoms with Gasteiger partial charge < -0.3 is 16.6 Å². The number of aromatic nitrogens is 2. The van der Waals surface area contributed by atoms with Crippen molar-refractivity contribution in [2.75, 3.05) is 5.73 Å². The number of aliphatic carboxylic acids is 1. The largest absolute Gasteiger partial charge is 0.481 e. The number of thiazole rings is 2. The second-order valence-corrected chi connectivity index (χ2v) is 5.47. The van der Waals surface area contributed by atoms with Crippen LogP contribution in [0.4, 0.5) is 5.13 Å². The number of carboxylic acids is 1. The van der Waals surface area contributed by atoms with Gasteiger partial charge in [-0.1, -0.05) is 0 Å². The van der Waals surface area contributed by atoms with Gasteiger partial charge >= 0.3 is 5.97 Å². The Labute approximate surface area is 115 Å². The fraction of sp³-hybridized carbons (Fsp3) is 0.200. The molecule has 2 aromatic rings. The fourth-order valence-electron chi connectivity index (χ4n) is 1.52. The van der Waals surface area contributed by atoms with Crippen LogP contribution in [0.5, 0.6) is 0 Å². The average molecular weight is 298 g/mol. The summed E-state index contributed by atoms with van der Waals surface area (Å²) in [5.41, 5.74) is 11.7. The van der Waals surface area contributed by atoms with E-state index in [-0.39, 0.29) is 6.42 Å². The lowest BCUT2D eigenvalue weighted by Gasteiger charge is -2.06. The molecule has 5 N–H and O–H groups in total. The highest BCUT2D eigenvalue weighted by molar-refractivity contribution is 7.13. The van der Waals surface area contributed by atoms with Crippen LogP contribution in [0.2, 0.25) is 0 Å². The normalized spacial score (nSPS) is 12.2. The minimum Gasteiger partial charge on any atom is -0.481 e. The van der Waals surface area contributed by atoms with Crippen LogP contribution in [0.1, 0.15) is 22.3 Å². The molecule has 0 fully saturated rings. The van der Waals surface area contributed by atoms with Crippen LogP contribution in [0.25, 0.3) is 0 Å². The highest BCUT2D eigenvalue weighted by atomic mass is 32.1. The predicted octanol–water partition coefficient (Wildman–Crippen LogP) is 0.426. The summed E-state index contributed by atoms with van der Waals surface area (Å²) in [6.07, 6.45) is -0.193. The van der Waals surface area contributed by atoms with Crippen molar-refractivity contribution in [3.8, 4) is 0 Å². The number of hydrogen-bond donors (Lipinski definition) is 3. The van der Waals surface area contributed by atoms with E-state index in [1.165, 1.54) is 22.7 Å². The molecule has 7 nitrogen and oxygen atoms in total. The smallest absolute Gasteiger partial charge is 0.309 e. The Kier molecular flexibility index (Phi) is 3.76. The molecule has 2 heterocycles. The maximum atomic E-state index is 11.5. The second kappa shape index (κ2) is 5.33. The molecule has 0 spiro atoms. The van der Waals surface area contributed by atoms with Gasteiger partial charge in [0.05, 0.1) is 17.8 Å². The first-order valence-corrected chi connectivity index (χ1v) is 6.89. The van der Waals surface area contributed by atoms with Crippen molar-refractivity contribution in [3.05, 3.63) is 27.2 Å². The van der Waals surface area contributed by atoms with E-state index in [1.807, 2.05) is 0 Å². The van der Waals surface area contributed by atoms with Gasteiger partial charge in [-0.25, -0.2) is 9.97 Å². The summed E-state index contributed by atoms with van der Waals surface area (Å²) in [5, 5.41) is 12.7. The van der Waals surface area contributed by atoms with E-state index in [1.54, 1.807) is 10.8 Å². The Morgan fingerprint density at radius 1 is 1.32 bits per heavy atom. The third kappa shape index (κ3) is 3.06. The first-order valence-electron chi connectivity index (χ1n) is 5.13. The highest BCUT2D eigenvalue weighted by Crippen LogP contribution is 2.29. The van der Waals surface area contributed by atoms with Crippen molar-refractivity contribution in [2.24, 2.45) is 5.73 Å². The van der Waals surface area contributed by atoms with Gasteiger partial charge in [0.15, 0.2) is 5.13 Å². The van der Waals surface area contributed by atoms with Crippen LogP contribution in [0.15, 0.2) is 10.8 Å². The summed E-state index contributed by atoms with van der Waals surface area (Å²) in [4.78, 5) is 30.3. The molecule has 0 aliphatic heterocycles. The Bertz CT molecular complexity index is 622. The summed E-state index contributed by atoms with van der Waals surface area (Å²) in [7, 11) is 0. The van der Waals surface area contributed by atoms with Crippen molar-refractivity contribution < 1.29 is 14.7 Å². The van der Waals surface area contributed by atoms with Crippen LogP contribution in [0.3, 0.4) is 0 Å². The SMILES string of the molecule is NC(=O)C(c1csc(N)n1)c1nc(CC(=O)O)cs1. The lowest BCUT2D eigenvalue weighted by Crippen LogP contribution is -2.22. The summed E-state index contributed by atoms with van der Waals surface area (Å²) in [6, 6.07) is 0. The Morgan fingerprint density at radius 2 is 2.05 bits per heavy atom. The lowest BCUT2D eigenvalue weighted by atomic mass is 10.1. The van der Waals surface area contributed by atoms with Crippen LogP contribution in [-0.4, -0.2) is 27.0 Å². The number of anilines is 1. The third-order valence-corrected chi connectivity index (χ3v) is 3.92. The molecule has 0 aliphatic carbocycles. The maximum Gasteiger partial charge on any atom is 0.309 e. The number of nitrogens with zero attached hydrogens (tertiary/aromatic N) is 2. The van der Waals surface area contributed by atoms with Gasteiger partial charge in [-0.2, -0.15) is 0 Å². The molecule has 0 radical (unpaired) electrons. The molecule has 0 saturated heterocycles. The van der Waals surface area contributed by atoms with E-state index >= 15 is 0 Å². The molecule has 100 valence electrons. The van der Waals surface area contributed by atoms with Crippen molar-refractivity contribution in [1.29, 1.82) is 0 Å². The molecule has 0 saturated carbocycles. The van der Waals surface area contributed by atoms with E-state index in [0.717, 1.165) is 0 Å². The minimum absolute atomic E-state index is 0.193. The number of amides is 1. The monoisotopic (exact) mass is 298 g/mol. The summed E-state index contributed by atoms with van der Waals surface area (Å²) >= 11 is 2.38. The molecule has 0 bridgehead atoms. The van der Waals surface area contributed by atoms with Crippen LogP contribution in [0, 0.1) is 0 Å². The van der Waals surface area contributed by atoms with E-state index in [2.05, 4.69) is 9.97 Å². The zero-order chi connectivity index (χ0) is 14.0. The van der Waals surface area contributed by atoms with Gasteiger partial charge in [0.25, 0.3) is 0 Å². The number of hydrogen-bond acceptors (Lipinski definition) is 7. The zero-order valence-corrected chi connectivity index (χ0v) is 11.2. The average Bonchev–Trinajstić information content (AvgIpc) is 2.88. The molecule has 1 atom stereocenters. The van der Waals surface area contributed by atoms with E-state index in [4.69, 9.17) is 16.6 Å². The summed E-state index contributed by atoms with van der Waals surface area (Å²) in [6.45, 7) is 0. The van der Waals surface area contributed by atoms with Gasteiger partial charge in [-0.3, -0.25) is 9.59 Å². The Balaban J connectivity index is 2.32. The van der Waals surface area contributed by atoms with Gasteiger partial charge in [0, 0.05) is 10.8 Å². The minimum atomic E-state index is -0.981. The van der Waals surface area contributed by atoms with Crippen LogP contribution >= 0.6 is 22.7 Å². The maximum absolute atomic E-state index is 11.5. The van der Waals surface area contributed by atoms with Crippen LogP contribution < -0.4 is 11.5 Å². The van der Waals surface area contributed by atoms with E-state index in [9.17, 15) is 9.59 Å². The third-order valence-electron chi connectivity index (χ3n) is 2.27. The number of nitrogens with two attached hydrogens (primary N) is 2. The molecular weight excluding hydrogens is 288 g/mol. The summed E-state index contributed by atoms with van der Waals surface area (Å²) < 4.78 is 0. The van der Waals surface area contributed by atoms with Crippen molar-refractivity contribution in [2.45, 2.75) is 12.3 Å². The topological polar surface area (TPSA) is 132 Å². The van der Waals surface area contributed by atoms with Gasteiger partial charge in [-0.05, 0) is 0 Å². The molecule has 1 amide bonds. The lowest BCUT2D eigenvalue weighted by molar-refractivity contribution is -0.136. The number of carboxylic acid groups (broad SMARTS) is 1. The van der Waals surface area contributed by atoms with Crippen molar-refractivity contribution in [3.63, 3.8) is 0 Å². The first kappa shape index (κ1) is 13.4. The zero-order valence-electron chi connectivity index (χ0n) is 9.57. The van der Waals surface area contributed by atoms with Crippen molar-refractivity contribution in [1.82, 2.24) is 9.97 Å². The molecule has 0 aliphatic rings. The number of nitrogen functional groups attached to an aromatic ring is 1. The molecular formula is C10H10N4O3S2. The highest BCUT2D eigenvalue weighted by Gasteiger charge is 2.26. The molecule has 19 heavy (non-hydrogen) atoms. The Hall–Kier alpha value is -2.00. The van der Waals surface area contributed by atoms with E-state index in [0.29, 0.717) is 21.5 Å². The molecule has 1 unspecified atom stereocenters. The second-order valence-electron chi connectivity index (χ2n) is 3.69.